The fraction of sp³-hybridized carbons (Fsp3) is 0. The molecule has 0 fully saturated rings. The van der Waals surface area contributed by atoms with E-state index in [-0.39, 0.29) is 0 Å². The summed E-state index contributed by atoms with van der Waals surface area (Å²) in [5.74, 6) is 0. The van der Waals surface area contributed by atoms with Crippen molar-refractivity contribution in [2.75, 3.05) is 4.90 Å². The van der Waals surface area contributed by atoms with Gasteiger partial charge in [0.25, 0.3) is 0 Å². The Morgan fingerprint density at radius 2 is 1.10 bits per heavy atom. The van der Waals surface area contributed by atoms with E-state index in [1.165, 1.54) is 40.3 Å². The molecule has 6 aromatic carbocycles. The van der Waals surface area contributed by atoms with Gasteiger partial charge in [0.2, 0.25) is 0 Å². The molecule has 0 saturated heterocycles. The number of fused-ring (bicyclic) bond motifs is 9. The summed E-state index contributed by atoms with van der Waals surface area (Å²) in [4.78, 5) is 2.41. The molecular weight excluding hydrogens is 606 g/mol. The third kappa shape index (κ3) is 3.60. The van der Waals surface area contributed by atoms with E-state index in [1.807, 2.05) is 34.8 Å². The van der Waals surface area contributed by atoms with Gasteiger partial charge >= 0.3 is 0 Å². The van der Waals surface area contributed by atoms with Gasteiger partial charge in [0.05, 0.1) is 10.4 Å². The van der Waals surface area contributed by atoms with Crippen LogP contribution in [-0.4, -0.2) is 0 Å². The van der Waals surface area contributed by atoms with Gasteiger partial charge in [0.15, 0.2) is 0 Å². The van der Waals surface area contributed by atoms with Crippen LogP contribution in [0.5, 0.6) is 0 Å². The molecule has 0 atom stereocenters. The van der Waals surface area contributed by atoms with Crippen molar-refractivity contribution in [3.05, 3.63) is 126 Å². The highest BCUT2D eigenvalue weighted by Gasteiger charge is 2.21. The second-order valence-corrected chi connectivity index (χ2v) is 13.3. The van der Waals surface area contributed by atoms with Crippen molar-refractivity contribution < 1.29 is 4.42 Å². The third-order valence-electron chi connectivity index (χ3n) is 7.90. The second-order valence-electron chi connectivity index (χ2n) is 10.3. The first kappa shape index (κ1) is 23.5. The van der Waals surface area contributed by atoms with Gasteiger partial charge in [0.1, 0.15) is 11.2 Å². The molecule has 0 saturated carbocycles. The van der Waals surface area contributed by atoms with Crippen LogP contribution in [0.1, 0.15) is 0 Å². The Morgan fingerprint density at radius 1 is 0.488 bits per heavy atom. The van der Waals surface area contributed by atoms with Gasteiger partial charge in [-0.1, -0.05) is 70.5 Å². The van der Waals surface area contributed by atoms with Crippen LogP contribution in [-0.2, 0) is 0 Å². The first-order valence-electron chi connectivity index (χ1n) is 13.4. The van der Waals surface area contributed by atoms with E-state index in [0.717, 1.165) is 43.5 Å². The van der Waals surface area contributed by atoms with Gasteiger partial charge in [-0.25, -0.2) is 0 Å². The minimum Gasteiger partial charge on any atom is -0.456 e. The highest BCUT2D eigenvalue weighted by molar-refractivity contribution is 9.10. The molecule has 0 amide bonds. The van der Waals surface area contributed by atoms with Gasteiger partial charge < -0.3 is 9.32 Å². The lowest BCUT2D eigenvalue weighted by atomic mass is 10.1. The quantitative estimate of drug-likeness (QED) is 0.194. The van der Waals surface area contributed by atoms with E-state index < -0.39 is 0 Å². The van der Waals surface area contributed by atoms with Crippen LogP contribution in [0.2, 0.25) is 0 Å². The molecular formula is C36H20BrNOS2. The molecule has 3 aromatic heterocycles. The van der Waals surface area contributed by atoms with Gasteiger partial charge in [-0.2, -0.15) is 0 Å². The molecule has 0 aliphatic carbocycles. The van der Waals surface area contributed by atoms with E-state index in [0.29, 0.717) is 0 Å². The molecule has 0 aliphatic heterocycles. The van der Waals surface area contributed by atoms with Crippen molar-refractivity contribution >= 4 is 118 Å². The van der Waals surface area contributed by atoms with Crippen LogP contribution in [0.15, 0.2) is 130 Å². The number of hydrogen-bond donors (Lipinski definition) is 0. The molecule has 0 radical (unpaired) electrons. The summed E-state index contributed by atoms with van der Waals surface area (Å²) in [6, 6.07) is 43.6. The summed E-state index contributed by atoms with van der Waals surface area (Å²) < 4.78 is 12.4. The van der Waals surface area contributed by atoms with E-state index in [2.05, 4.69) is 130 Å². The molecule has 41 heavy (non-hydrogen) atoms. The van der Waals surface area contributed by atoms with Crippen molar-refractivity contribution in [3.8, 4) is 0 Å². The van der Waals surface area contributed by atoms with E-state index in [9.17, 15) is 0 Å². The topological polar surface area (TPSA) is 16.4 Å². The molecule has 9 aromatic rings. The minimum atomic E-state index is 0.899. The Hall–Kier alpha value is -4.16. The van der Waals surface area contributed by atoms with E-state index in [4.69, 9.17) is 4.42 Å². The summed E-state index contributed by atoms with van der Waals surface area (Å²) in [5.41, 5.74) is 5.19. The molecule has 0 unspecified atom stereocenters. The lowest BCUT2D eigenvalue weighted by molar-refractivity contribution is 0.669. The fourth-order valence-electron chi connectivity index (χ4n) is 6.07. The van der Waals surface area contributed by atoms with E-state index in [1.54, 1.807) is 0 Å². The van der Waals surface area contributed by atoms with E-state index >= 15 is 0 Å². The molecule has 2 nitrogen and oxygen atoms in total. The Balaban J connectivity index is 1.37. The Kier molecular flexibility index (Phi) is 5.12. The normalized spacial score (nSPS) is 12.0. The SMILES string of the molecule is Brc1cc(N(c2ccc3oc4ccccc4c3c2)c2ccc3sc4ccccc4c3c2)c2sc3ccccc3c2c1. The number of hydrogen-bond acceptors (Lipinski definition) is 4. The monoisotopic (exact) mass is 625 g/mol. The number of thiophene rings is 2. The molecule has 0 bridgehead atoms. The first-order valence-corrected chi connectivity index (χ1v) is 15.9. The fourth-order valence-corrected chi connectivity index (χ4v) is 8.79. The van der Waals surface area contributed by atoms with Crippen LogP contribution >= 0.6 is 38.6 Å². The highest BCUT2D eigenvalue weighted by Crippen LogP contribution is 2.48. The zero-order valence-corrected chi connectivity index (χ0v) is 24.8. The maximum absolute atomic E-state index is 6.20. The molecule has 5 heteroatoms. The number of anilines is 3. The Labute approximate surface area is 251 Å². The Bertz CT molecular complexity index is 2350. The smallest absolute Gasteiger partial charge is 0.135 e. The maximum Gasteiger partial charge on any atom is 0.135 e. The largest absolute Gasteiger partial charge is 0.456 e. The molecule has 0 spiro atoms. The number of halogens is 1. The molecule has 9 rings (SSSR count). The molecule has 0 aliphatic rings. The highest BCUT2D eigenvalue weighted by atomic mass is 79.9. The second kappa shape index (κ2) is 8.92. The van der Waals surface area contributed by atoms with Gasteiger partial charge in [-0.05, 0) is 66.7 Å². The summed E-state index contributed by atoms with van der Waals surface area (Å²) in [6.07, 6.45) is 0. The lowest BCUT2D eigenvalue weighted by Crippen LogP contribution is -2.10. The van der Waals surface area contributed by atoms with Gasteiger partial charge in [0, 0.05) is 62.3 Å². The third-order valence-corrected chi connectivity index (χ3v) is 10.7. The van der Waals surface area contributed by atoms with Crippen LogP contribution in [0.25, 0.3) is 62.3 Å². The predicted octanol–water partition coefficient (Wildman–Crippen LogP) is 12.6. The van der Waals surface area contributed by atoms with Crippen molar-refractivity contribution in [1.29, 1.82) is 0 Å². The van der Waals surface area contributed by atoms with Crippen LogP contribution in [0.4, 0.5) is 17.1 Å². The van der Waals surface area contributed by atoms with Crippen molar-refractivity contribution in [3.63, 3.8) is 0 Å². The van der Waals surface area contributed by atoms with Crippen molar-refractivity contribution in [2.45, 2.75) is 0 Å². The number of benzene rings is 6. The minimum absolute atomic E-state index is 0.899. The van der Waals surface area contributed by atoms with Gasteiger partial charge in [-0.3, -0.25) is 0 Å². The zero-order chi connectivity index (χ0) is 27.1. The first-order chi connectivity index (χ1) is 20.2. The van der Waals surface area contributed by atoms with Crippen molar-refractivity contribution in [1.82, 2.24) is 0 Å². The Morgan fingerprint density at radius 3 is 1.93 bits per heavy atom. The van der Waals surface area contributed by atoms with Gasteiger partial charge in [-0.15, -0.1) is 22.7 Å². The number of nitrogens with zero attached hydrogens (tertiary/aromatic N) is 1. The van der Waals surface area contributed by atoms with Crippen LogP contribution in [0.3, 0.4) is 0 Å². The number of furan rings is 1. The lowest BCUT2D eigenvalue weighted by Gasteiger charge is -2.26. The molecule has 3 heterocycles. The molecule has 0 N–H and O–H groups in total. The molecule has 194 valence electrons. The summed E-state index contributed by atoms with van der Waals surface area (Å²) in [6.45, 7) is 0. The van der Waals surface area contributed by atoms with Crippen LogP contribution < -0.4 is 4.90 Å². The average Bonchev–Trinajstić information content (AvgIpc) is 3.68. The van der Waals surface area contributed by atoms with Crippen LogP contribution in [0, 0.1) is 0 Å². The summed E-state index contributed by atoms with van der Waals surface area (Å²) in [7, 11) is 0. The number of para-hydroxylation sites is 1. The standard InChI is InChI=1S/C36H20BrNOS2/c37-21-17-29-26-9-3-6-12-34(26)41-36(29)30(18-21)38(22-13-15-32-27(19-22)24-7-1-4-10-31(24)39-32)23-14-16-35-28(20-23)25-8-2-5-11-33(25)40-35/h1-20H. The average molecular weight is 627 g/mol. The predicted molar refractivity (Wildman–Crippen MR) is 182 cm³/mol. The maximum atomic E-state index is 6.20. The summed E-state index contributed by atoms with van der Waals surface area (Å²) in [5, 5.41) is 7.37. The zero-order valence-electron chi connectivity index (χ0n) is 21.6. The number of rotatable bonds is 3. The summed E-state index contributed by atoms with van der Waals surface area (Å²) >= 11 is 7.57. The van der Waals surface area contributed by atoms with Crippen molar-refractivity contribution in [2.24, 2.45) is 0 Å².